The molecule has 0 heterocycles. The molecule has 0 bridgehead atoms. The molecule has 2 nitrogen and oxygen atoms in total. The van der Waals surface area contributed by atoms with Crippen LogP contribution in [0, 0.1) is 0 Å². The highest BCUT2D eigenvalue weighted by atomic mass is 32.2. The van der Waals surface area contributed by atoms with Gasteiger partial charge in [-0.05, 0) is 45.8 Å². The number of rotatable bonds is 11. The predicted molar refractivity (Wildman–Crippen MR) is 86.1 cm³/mol. The second-order valence-corrected chi connectivity index (χ2v) is 7.45. The Bertz CT molecular complexity index is 251. The second kappa shape index (κ2) is 11.4. The van der Waals surface area contributed by atoms with E-state index in [0.29, 0.717) is 6.42 Å². The molecule has 1 unspecified atom stereocenters. The SMILES string of the molecule is CCCC(SCCCCCCCF)C(=O)OC(C)(C)C. The van der Waals surface area contributed by atoms with Crippen molar-refractivity contribution in [3.63, 3.8) is 0 Å². The third-order valence-electron chi connectivity index (χ3n) is 2.82. The molecule has 0 saturated carbocycles. The summed E-state index contributed by atoms with van der Waals surface area (Å²) in [5.41, 5.74) is -0.407. The molecule has 0 aliphatic carbocycles. The quantitative estimate of drug-likeness (QED) is 0.390. The topological polar surface area (TPSA) is 26.3 Å². The molecule has 0 aromatic rings. The molecule has 1 atom stereocenters. The number of unbranched alkanes of at least 4 members (excludes halogenated alkanes) is 4. The van der Waals surface area contributed by atoms with Crippen molar-refractivity contribution >= 4 is 17.7 Å². The van der Waals surface area contributed by atoms with Crippen molar-refractivity contribution in [2.75, 3.05) is 12.4 Å². The summed E-state index contributed by atoms with van der Waals surface area (Å²) in [6.07, 6.45) is 6.85. The normalized spacial score (nSPS) is 13.2. The molecule has 0 aliphatic rings. The van der Waals surface area contributed by atoms with E-state index in [2.05, 4.69) is 6.92 Å². The molecule has 0 N–H and O–H groups in total. The van der Waals surface area contributed by atoms with E-state index in [-0.39, 0.29) is 17.9 Å². The molecule has 0 amide bonds. The van der Waals surface area contributed by atoms with Crippen LogP contribution in [0.5, 0.6) is 0 Å². The Morgan fingerprint density at radius 3 is 2.30 bits per heavy atom. The van der Waals surface area contributed by atoms with E-state index in [1.54, 1.807) is 11.8 Å². The van der Waals surface area contributed by atoms with Crippen LogP contribution < -0.4 is 0 Å². The zero-order valence-electron chi connectivity index (χ0n) is 13.5. The lowest BCUT2D eigenvalue weighted by Gasteiger charge is -2.23. The maximum atomic E-state index is 12.1. The lowest BCUT2D eigenvalue weighted by atomic mass is 10.2. The van der Waals surface area contributed by atoms with Gasteiger partial charge in [-0.1, -0.05) is 32.6 Å². The van der Waals surface area contributed by atoms with Crippen molar-refractivity contribution in [3.8, 4) is 0 Å². The average molecular weight is 306 g/mol. The maximum absolute atomic E-state index is 12.1. The number of esters is 1. The van der Waals surface area contributed by atoms with Gasteiger partial charge in [-0.3, -0.25) is 9.18 Å². The Morgan fingerprint density at radius 2 is 1.75 bits per heavy atom. The molecule has 0 aromatic carbocycles. The summed E-state index contributed by atoms with van der Waals surface area (Å²) in [5, 5.41) is -0.0370. The van der Waals surface area contributed by atoms with Crippen LogP contribution in [0.2, 0.25) is 0 Å². The highest BCUT2D eigenvalue weighted by molar-refractivity contribution is 8.00. The number of carbonyl (C=O) groups excluding carboxylic acids is 1. The first-order chi connectivity index (χ1) is 9.40. The first kappa shape index (κ1) is 19.8. The minimum Gasteiger partial charge on any atom is -0.459 e. The van der Waals surface area contributed by atoms with E-state index in [1.165, 1.54) is 0 Å². The first-order valence-electron chi connectivity index (χ1n) is 7.81. The van der Waals surface area contributed by atoms with Gasteiger partial charge in [0.15, 0.2) is 0 Å². The Kier molecular flexibility index (Phi) is 11.3. The molecule has 0 saturated heterocycles. The van der Waals surface area contributed by atoms with Crippen molar-refractivity contribution in [1.82, 2.24) is 0 Å². The molecule has 20 heavy (non-hydrogen) atoms. The zero-order valence-corrected chi connectivity index (χ0v) is 14.4. The van der Waals surface area contributed by atoms with Crippen LogP contribution in [0.25, 0.3) is 0 Å². The van der Waals surface area contributed by atoms with Crippen LogP contribution in [0.3, 0.4) is 0 Å². The van der Waals surface area contributed by atoms with Crippen molar-refractivity contribution in [2.24, 2.45) is 0 Å². The second-order valence-electron chi connectivity index (χ2n) is 6.14. The molecular weight excluding hydrogens is 275 g/mol. The molecule has 120 valence electrons. The number of thioether (sulfide) groups is 1. The van der Waals surface area contributed by atoms with E-state index >= 15 is 0 Å². The summed E-state index contributed by atoms with van der Waals surface area (Å²) < 4.78 is 17.4. The summed E-state index contributed by atoms with van der Waals surface area (Å²) in [6.45, 7) is 7.61. The van der Waals surface area contributed by atoms with Gasteiger partial charge in [-0.2, -0.15) is 0 Å². The molecule has 0 aliphatic heterocycles. The Hall–Kier alpha value is -0.250. The Labute approximate surface area is 128 Å². The molecule has 4 heteroatoms. The summed E-state index contributed by atoms with van der Waals surface area (Å²) in [5.74, 6) is 0.904. The van der Waals surface area contributed by atoms with Crippen LogP contribution in [-0.2, 0) is 9.53 Å². The molecule has 0 radical (unpaired) electrons. The molecule has 0 aromatic heterocycles. The van der Waals surface area contributed by atoms with Crippen LogP contribution in [0.15, 0.2) is 0 Å². The fourth-order valence-electron chi connectivity index (χ4n) is 1.85. The van der Waals surface area contributed by atoms with Crippen LogP contribution in [-0.4, -0.2) is 29.2 Å². The number of hydrogen-bond donors (Lipinski definition) is 0. The van der Waals surface area contributed by atoms with E-state index in [0.717, 1.165) is 44.3 Å². The molecule has 0 fully saturated rings. The Morgan fingerprint density at radius 1 is 1.15 bits per heavy atom. The number of halogens is 1. The number of ether oxygens (including phenoxy) is 1. The van der Waals surface area contributed by atoms with Gasteiger partial charge in [0.2, 0.25) is 0 Å². The summed E-state index contributed by atoms with van der Waals surface area (Å²) >= 11 is 1.71. The third kappa shape index (κ3) is 11.6. The fraction of sp³-hybridized carbons (Fsp3) is 0.938. The van der Waals surface area contributed by atoms with Crippen molar-refractivity contribution < 1.29 is 13.9 Å². The van der Waals surface area contributed by atoms with Gasteiger partial charge in [-0.15, -0.1) is 11.8 Å². The highest BCUT2D eigenvalue weighted by Gasteiger charge is 2.24. The highest BCUT2D eigenvalue weighted by Crippen LogP contribution is 2.22. The summed E-state index contributed by atoms with van der Waals surface area (Å²) in [7, 11) is 0. The van der Waals surface area contributed by atoms with Crippen molar-refractivity contribution in [2.45, 2.75) is 83.5 Å². The summed E-state index contributed by atoms with van der Waals surface area (Å²) in [4.78, 5) is 12.1. The number of alkyl halides is 1. The maximum Gasteiger partial charge on any atom is 0.319 e. The lowest BCUT2D eigenvalue weighted by Crippen LogP contribution is -2.30. The molecule has 0 spiro atoms. The molecule has 0 rings (SSSR count). The predicted octanol–water partition coefficient (Wildman–Crippen LogP) is 5.15. The number of hydrogen-bond acceptors (Lipinski definition) is 3. The lowest BCUT2D eigenvalue weighted by molar-refractivity contribution is -0.154. The zero-order chi connectivity index (χ0) is 15.4. The standard InChI is InChI=1S/C16H31FO2S/c1-5-11-14(15(18)19-16(2,3)4)20-13-10-8-6-7-9-12-17/h14H,5-13H2,1-4H3. The number of carbonyl (C=O) groups is 1. The smallest absolute Gasteiger partial charge is 0.319 e. The van der Waals surface area contributed by atoms with Gasteiger partial charge in [0, 0.05) is 0 Å². The van der Waals surface area contributed by atoms with Gasteiger partial charge in [-0.25, -0.2) is 0 Å². The average Bonchev–Trinajstić information content (AvgIpc) is 2.34. The fourth-order valence-corrected chi connectivity index (χ4v) is 3.09. The van der Waals surface area contributed by atoms with Crippen molar-refractivity contribution in [3.05, 3.63) is 0 Å². The van der Waals surface area contributed by atoms with Gasteiger partial charge in [0.05, 0.1) is 6.67 Å². The minimum absolute atomic E-state index is 0.0370. The van der Waals surface area contributed by atoms with E-state index in [9.17, 15) is 9.18 Å². The third-order valence-corrected chi connectivity index (χ3v) is 4.17. The van der Waals surface area contributed by atoms with Crippen molar-refractivity contribution in [1.29, 1.82) is 0 Å². The van der Waals surface area contributed by atoms with Crippen LogP contribution in [0.4, 0.5) is 4.39 Å². The van der Waals surface area contributed by atoms with Gasteiger partial charge >= 0.3 is 5.97 Å². The summed E-state index contributed by atoms with van der Waals surface area (Å²) in [6, 6.07) is 0. The van der Waals surface area contributed by atoms with E-state index in [4.69, 9.17) is 4.74 Å². The van der Waals surface area contributed by atoms with Crippen LogP contribution >= 0.6 is 11.8 Å². The Balaban J connectivity index is 3.88. The van der Waals surface area contributed by atoms with Gasteiger partial charge < -0.3 is 4.74 Å². The largest absolute Gasteiger partial charge is 0.459 e. The minimum atomic E-state index is -0.407. The van der Waals surface area contributed by atoms with E-state index in [1.807, 2.05) is 20.8 Å². The monoisotopic (exact) mass is 306 g/mol. The molecular formula is C16H31FO2S. The van der Waals surface area contributed by atoms with Crippen LogP contribution in [0.1, 0.15) is 72.6 Å². The van der Waals surface area contributed by atoms with E-state index < -0.39 is 5.60 Å². The first-order valence-corrected chi connectivity index (χ1v) is 8.86. The van der Waals surface area contributed by atoms with Gasteiger partial charge in [0.1, 0.15) is 10.9 Å². The van der Waals surface area contributed by atoms with Gasteiger partial charge in [0.25, 0.3) is 0 Å².